The Hall–Kier alpha value is -3.94. The van der Waals surface area contributed by atoms with Crippen molar-refractivity contribution in [1.82, 2.24) is 19.1 Å². The monoisotopic (exact) mass is 880 g/mol. The molecule has 0 bridgehead atoms. The molecule has 56 heavy (non-hydrogen) atoms. The summed E-state index contributed by atoms with van der Waals surface area (Å²) in [4.78, 5) is 45.8. The molecule has 0 N–H and O–H groups in total. The second-order valence-electron chi connectivity index (χ2n) is 15.1. The van der Waals surface area contributed by atoms with Gasteiger partial charge in [0.2, 0.25) is 5.78 Å². The van der Waals surface area contributed by atoms with Gasteiger partial charge in [0.25, 0.3) is 0 Å². The first-order valence-electron chi connectivity index (χ1n) is 18.0. The van der Waals surface area contributed by atoms with Gasteiger partial charge in [0.1, 0.15) is 24.6 Å². The molecule has 0 fully saturated rings. The third-order valence-corrected chi connectivity index (χ3v) is 12.3. The molecular weight excluding hydrogens is 833 g/mol. The van der Waals surface area contributed by atoms with Gasteiger partial charge in [-0.1, -0.05) is 86.1 Å². The van der Waals surface area contributed by atoms with E-state index in [0.717, 1.165) is 22.9 Å². The molecule has 0 saturated heterocycles. The van der Waals surface area contributed by atoms with Gasteiger partial charge in [0.15, 0.2) is 28.4 Å². The number of para-hydroxylation sites is 2. The maximum absolute atomic E-state index is 12.5. The number of hydrogen-bond donors (Lipinski definition) is 1. The number of ether oxygens (including phenoxy) is 3. The number of carbonyl (C=O) groups excluding carboxylic acids is 1. The van der Waals surface area contributed by atoms with Crippen molar-refractivity contribution in [2.24, 2.45) is 4.30 Å². The average Bonchev–Trinajstić information content (AvgIpc) is 3.72. The second kappa shape index (κ2) is 20.0. The first kappa shape index (κ1) is 44.8. The number of Topliss-reactive ketones (excluding diaryl/α,β-unsaturated/α-hetero) is 1. The normalized spacial score (nSPS) is 11.6. The summed E-state index contributed by atoms with van der Waals surface area (Å²) in [6, 6.07) is 16.7. The Morgan fingerprint density at radius 2 is 1.23 bits per heavy atom. The zero-order valence-electron chi connectivity index (χ0n) is 32.9. The van der Waals surface area contributed by atoms with Gasteiger partial charge in [-0.3, -0.25) is 13.9 Å². The average molecular weight is 882 g/mol. The first-order valence-corrected chi connectivity index (χ1v) is 26.9. The predicted octanol–water partition coefficient (Wildman–Crippen LogP) is 8.68. The molecule has 4 heterocycles. The number of ketones is 1. The van der Waals surface area contributed by atoms with Crippen LogP contribution in [0, 0.1) is 0 Å². The molecule has 0 aliphatic carbocycles. The fourth-order valence-corrected chi connectivity index (χ4v) is 7.34. The third kappa shape index (κ3) is 11.3. The summed E-state index contributed by atoms with van der Waals surface area (Å²) in [5.41, 5.74) is 1.64. The Morgan fingerprint density at radius 3 is 1.64 bits per heavy atom. The van der Waals surface area contributed by atoms with E-state index >= 15 is 0 Å². The van der Waals surface area contributed by atoms with Crippen LogP contribution in [0.3, 0.4) is 0 Å². The minimum atomic E-state index is -1.22. The number of hydrogen-bond acceptors (Lipinski definition) is 12. The molecule has 4 aromatic heterocycles. The molecule has 1 radical (unpaired) electrons. The van der Waals surface area contributed by atoms with Crippen molar-refractivity contribution in [2.75, 3.05) is 25.2 Å². The van der Waals surface area contributed by atoms with Crippen molar-refractivity contribution in [3.63, 3.8) is 0 Å². The van der Waals surface area contributed by atoms with E-state index in [4.69, 9.17) is 23.0 Å². The minimum absolute atomic E-state index is 0.120. The summed E-state index contributed by atoms with van der Waals surface area (Å²) in [5, 5.41) is 1.66. The van der Waals surface area contributed by atoms with E-state index in [9.17, 15) is 14.4 Å². The van der Waals surface area contributed by atoms with E-state index in [1.807, 2.05) is 41.8 Å². The van der Waals surface area contributed by atoms with Crippen molar-refractivity contribution < 1.29 is 27.8 Å². The van der Waals surface area contributed by atoms with Gasteiger partial charge in [-0.15, -0.1) is 0 Å². The summed E-state index contributed by atoms with van der Waals surface area (Å²) in [6.45, 7) is 21.8. The summed E-state index contributed by atoms with van der Waals surface area (Å²) in [5.74, 6) is 0.890. The summed E-state index contributed by atoms with van der Waals surface area (Å²) in [6.07, 6.45) is 0. The standard InChI is InChI=1S/C20H26N2O4Si.C18H21BrN2O4Si.BHNS/c1-6-25-14(2)19-21-17-18(22(19)13-24-11-12-27(3,4)5)15-9-7-8-10-16(15)26-20(17)23;1-26(2,3)9-8-24-11-21-16-12-6-4-5-7-14(12)25-18(23)15(16)20-17(21)13(22)10-19;1-2-3/h7-10H,2,6,11-13H2,1,3-5H3;4-7H,8-11H2,1-3H3;3H. The number of alkyl halides is 1. The zero-order valence-corrected chi connectivity index (χ0v) is 37.4. The molecule has 13 nitrogen and oxygen atoms in total. The van der Waals surface area contributed by atoms with E-state index in [1.54, 1.807) is 22.8 Å². The number of rotatable bonds is 15. The summed E-state index contributed by atoms with van der Waals surface area (Å²) in [7, 11) is 1.93. The molecule has 0 spiro atoms. The molecule has 6 rings (SSSR count). The van der Waals surface area contributed by atoms with Crippen LogP contribution in [0.1, 0.15) is 23.4 Å². The van der Waals surface area contributed by atoms with E-state index in [2.05, 4.69) is 96.5 Å². The predicted molar refractivity (Wildman–Crippen MR) is 236 cm³/mol. The Bertz CT molecular complexity index is 2450. The Morgan fingerprint density at radius 1 is 0.821 bits per heavy atom. The van der Waals surface area contributed by atoms with E-state index < -0.39 is 27.4 Å². The number of fused-ring (bicyclic) bond motifs is 6. The molecule has 0 unspecified atom stereocenters. The molecular formula is C38H48BBrN5O8SSi2. The number of aromatic nitrogens is 4. The topological polar surface area (TPSA) is 153 Å². The zero-order chi connectivity index (χ0) is 41.2. The Kier molecular flexibility index (Phi) is 16.0. The van der Waals surface area contributed by atoms with Gasteiger partial charge >= 0.3 is 36.0 Å². The summed E-state index contributed by atoms with van der Waals surface area (Å²) >= 11 is 6.37. The number of thiol groups is 1. The Balaban J connectivity index is 0.000000233. The van der Waals surface area contributed by atoms with Crippen LogP contribution in [0.4, 0.5) is 0 Å². The SMILES string of the molecule is C=C(OCC)c1nc2c(=O)oc3ccccc3c2n1COCC[Si](C)(C)C.C[Si](C)(C)CCOCn1c(C(=O)CBr)nc2c(=O)oc3ccccc3c21.[B]=NS. The molecule has 2 aromatic carbocycles. The van der Waals surface area contributed by atoms with Crippen molar-refractivity contribution in [3.8, 4) is 0 Å². The van der Waals surface area contributed by atoms with Crippen LogP contribution in [0.2, 0.25) is 51.4 Å². The Labute approximate surface area is 342 Å². The van der Waals surface area contributed by atoms with E-state index in [0.29, 0.717) is 53.6 Å². The molecule has 0 aliphatic heterocycles. The van der Waals surface area contributed by atoms with E-state index in [1.165, 1.54) is 0 Å². The van der Waals surface area contributed by atoms with Crippen molar-refractivity contribution >= 4 is 108 Å². The number of carbonyl (C=O) groups is 1. The number of imidazole rings is 2. The van der Waals surface area contributed by atoms with Gasteiger partial charge in [-0.2, -0.15) is 0 Å². The third-order valence-electron chi connectivity index (χ3n) is 8.38. The molecule has 297 valence electrons. The molecule has 0 amide bonds. The van der Waals surface area contributed by atoms with Crippen molar-refractivity contribution in [1.29, 1.82) is 0 Å². The van der Waals surface area contributed by atoms with Gasteiger partial charge in [-0.25, -0.2) is 19.6 Å². The number of halogens is 1. The van der Waals surface area contributed by atoms with Crippen LogP contribution in [0.5, 0.6) is 0 Å². The van der Waals surface area contributed by atoms with Crippen molar-refractivity contribution in [2.45, 2.75) is 71.8 Å². The van der Waals surface area contributed by atoms with Crippen LogP contribution >= 0.6 is 28.7 Å². The molecule has 6 aromatic rings. The fourth-order valence-electron chi connectivity index (χ4n) is 5.58. The second-order valence-corrected chi connectivity index (χ2v) is 27.2. The van der Waals surface area contributed by atoms with Crippen LogP contribution in [0.25, 0.3) is 49.8 Å². The molecule has 0 aliphatic rings. The summed E-state index contributed by atoms with van der Waals surface area (Å²) < 4.78 is 34.3. The molecule has 0 saturated carbocycles. The number of nitrogens with zero attached hydrogens (tertiary/aromatic N) is 5. The fraction of sp³-hybridized carbons (Fsp3) is 0.395. The van der Waals surface area contributed by atoms with Crippen LogP contribution in [0.15, 0.2) is 77.8 Å². The number of benzene rings is 2. The van der Waals surface area contributed by atoms with Gasteiger partial charge in [0, 0.05) is 40.1 Å². The quantitative estimate of drug-likeness (QED) is 0.0202. The maximum atomic E-state index is 12.5. The van der Waals surface area contributed by atoms with Crippen molar-refractivity contribution in [3.05, 3.63) is 87.6 Å². The van der Waals surface area contributed by atoms with Crippen LogP contribution in [-0.4, -0.2) is 73.8 Å². The van der Waals surface area contributed by atoms with Crippen LogP contribution < -0.4 is 11.3 Å². The first-order chi connectivity index (χ1) is 26.5. The van der Waals surface area contributed by atoms with Crippen LogP contribution in [-0.2, 0) is 27.7 Å². The molecule has 18 heteroatoms. The van der Waals surface area contributed by atoms with Gasteiger partial charge in [-0.05, 0) is 43.3 Å². The van der Waals surface area contributed by atoms with Gasteiger partial charge < -0.3 is 23.0 Å². The van der Waals surface area contributed by atoms with Gasteiger partial charge in [0.05, 0.1) is 23.0 Å². The molecule has 0 atom stereocenters. The van der Waals surface area contributed by atoms with E-state index in [-0.39, 0.29) is 41.4 Å².